The molecule has 0 fully saturated rings. The number of para-hydroxylation sites is 1. The number of hydrogen-bond acceptors (Lipinski definition) is 4. The van der Waals surface area contributed by atoms with E-state index in [0.717, 1.165) is 16.9 Å². The average molecular weight is 197 g/mol. The summed E-state index contributed by atoms with van der Waals surface area (Å²) in [5.74, 6) is 0.721. The van der Waals surface area contributed by atoms with E-state index in [4.69, 9.17) is 0 Å². The van der Waals surface area contributed by atoms with E-state index in [-0.39, 0.29) is 0 Å². The fourth-order valence-corrected chi connectivity index (χ4v) is 1.45. The second kappa shape index (κ2) is 3.13. The van der Waals surface area contributed by atoms with E-state index in [9.17, 15) is 0 Å². The van der Waals surface area contributed by atoms with Crippen LogP contribution in [0.4, 0.5) is 0 Å². The van der Waals surface area contributed by atoms with Crippen molar-refractivity contribution in [3.05, 3.63) is 42.9 Å². The summed E-state index contributed by atoms with van der Waals surface area (Å²) in [5.41, 5.74) is 1.80. The average Bonchev–Trinajstić information content (AvgIpc) is 2.74. The van der Waals surface area contributed by atoms with E-state index in [2.05, 4.69) is 20.3 Å². The molecule has 0 aliphatic heterocycles. The molecule has 5 heteroatoms. The molecule has 0 aliphatic rings. The molecule has 0 saturated carbocycles. The molecule has 5 nitrogen and oxygen atoms in total. The summed E-state index contributed by atoms with van der Waals surface area (Å²) >= 11 is 0. The summed E-state index contributed by atoms with van der Waals surface area (Å²) in [7, 11) is 0. The van der Waals surface area contributed by atoms with Gasteiger partial charge in [-0.2, -0.15) is 4.68 Å². The third-order valence-electron chi connectivity index (χ3n) is 2.14. The Morgan fingerprint density at radius 3 is 2.87 bits per heavy atom. The molecule has 3 rings (SSSR count). The second-order valence-corrected chi connectivity index (χ2v) is 3.06. The normalized spacial score (nSPS) is 10.7. The Kier molecular flexibility index (Phi) is 1.68. The maximum atomic E-state index is 4.12. The van der Waals surface area contributed by atoms with Crippen LogP contribution in [-0.2, 0) is 0 Å². The molecule has 1 aromatic carbocycles. The molecule has 0 amide bonds. The Balaban J connectivity index is 2.28. The van der Waals surface area contributed by atoms with Gasteiger partial charge in [0.2, 0.25) is 0 Å². The van der Waals surface area contributed by atoms with Crippen molar-refractivity contribution in [2.24, 2.45) is 0 Å². The minimum absolute atomic E-state index is 0.721. The van der Waals surface area contributed by atoms with E-state index < -0.39 is 0 Å². The van der Waals surface area contributed by atoms with Gasteiger partial charge in [-0.15, -0.1) is 5.10 Å². The van der Waals surface area contributed by atoms with Crippen LogP contribution in [0.25, 0.3) is 16.9 Å². The molecule has 0 atom stereocenters. The predicted octanol–water partition coefficient (Wildman–Crippen LogP) is 1.21. The zero-order chi connectivity index (χ0) is 10.1. The maximum absolute atomic E-state index is 4.12. The number of fused-ring (bicyclic) bond motifs is 1. The molecule has 0 radical (unpaired) electrons. The molecule has 0 unspecified atom stereocenters. The first kappa shape index (κ1) is 8.05. The van der Waals surface area contributed by atoms with Gasteiger partial charge in [-0.3, -0.25) is 0 Å². The largest absolute Gasteiger partial charge is 0.245 e. The zero-order valence-corrected chi connectivity index (χ0v) is 7.78. The van der Waals surface area contributed by atoms with Crippen LogP contribution in [0.5, 0.6) is 0 Å². The quantitative estimate of drug-likeness (QED) is 0.588. The molecule has 2 heterocycles. The fourth-order valence-electron chi connectivity index (χ4n) is 1.45. The summed E-state index contributed by atoms with van der Waals surface area (Å²) in [4.78, 5) is 7.98. The Hall–Kier alpha value is -2.30. The van der Waals surface area contributed by atoms with E-state index in [0.29, 0.717) is 0 Å². The number of nitrogens with zero attached hydrogens (tertiary/aromatic N) is 5. The smallest absolute Gasteiger partial charge is 0.159 e. The van der Waals surface area contributed by atoms with Crippen LogP contribution >= 0.6 is 0 Å². The minimum Gasteiger partial charge on any atom is -0.245 e. The van der Waals surface area contributed by atoms with Gasteiger partial charge in [0.15, 0.2) is 5.82 Å². The number of benzene rings is 1. The molecule has 3 aromatic rings. The van der Waals surface area contributed by atoms with Crippen molar-refractivity contribution >= 4 is 11.0 Å². The molecule has 2 aromatic heterocycles. The van der Waals surface area contributed by atoms with E-state index in [1.807, 2.05) is 24.3 Å². The molecular weight excluding hydrogens is 190 g/mol. The van der Waals surface area contributed by atoms with Gasteiger partial charge in [-0.1, -0.05) is 17.3 Å². The molecule has 0 aliphatic carbocycles. The van der Waals surface area contributed by atoms with Crippen molar-refractivity contribution < 1.29 is 0 Å². The van der Waals surface area contributed by atoms with Crippen molar-refractivity contribution in [3.8, 4) is 5.82 Å². The highest BCUT2D eigenvalue weighted by Gasteiger charge is 2.05. The van der Waals surface area contributed by atoms with Crippen molar-refractivity contribution in [1.82, 2.24) is 25.0 Å². The first-order valence-corrected chi connectivity index (χ1v) is 4.52. The molecule has 72 valence electrons. The maximum Gasteiger partial charge on any atom is 0.159 e. The lowest BCUT2D eigenvalue weighted by Gasteiger charge is -1.98. The fraction of sp³-hybridized carbons (Fsp3) is 0. The lowest BCUT2D eigenvalue weighted by molar-refractivity contribution is 0.797. The van der Waals surface area contributed by atoms with Crippen LogP contribution in [-0.4, -0.2) is 25.0 Å². The second-order valence-electron chi connectivity index (χ2n) is 3.06. The van der Waals surface area contributed by atoms with Gasteiger partial charge >= 0.3 is 0 Å². The Labute approximate surface area is 85.4 Å². The first-order valence-electron chi connectivity index (χ1n) is 4.52. The topological polar surface area (TPSA) is 56.5 Å². The summed E-state index contributed by atoms with van der Waals surface area (Å²) in [6.07, 6.45) is 3.17. The predicted molar refractivity (Wildman–Crippen MR) is 54.5 cm³/mol. The third kappa shape index (κ3) is 1.25. The van der Waals surface area contributed by atoms with Crippen molar-refractivity contribution in [2.75, 3.05) is 0 Å². The highest BCUT2D eigenvalue weighted by atomic mass is 15.4. The minimum atomic E-state index is 0.721. The first-order chi connectivity index (χ1) is 7.45. The lowest BCUT2D eigenvalue weighted by atomic mass is 10.3. The summed E-state index contributed by atoms with van der Waals surface area (Å²) in [6, 6.07) is 9.54. The van der Waals surface area contributed by atoms with Gasteiger partial charge in [0.05, 0.1) is 5.52 Å². The Bertz CT molecular complexity index is 587. The van der Waals surface area contributed by atoms with Crippen LogP contribution in [0.3, 0.4) is 0 Å². The van der Waals surface area contributed by atoms with Gasteiger partial charge in [0.25, 0.3) is 0 Å². The third-order valence-corrected chi connectivity index (χ3v) is 2.14. The molecule has 0 bridgehead atoms. The molecule has 0 saturated heterocycles. The highest BCUT2D eigenvalue weighted by molar-refractivity contribution is 5.75. The van der Waals surface area contributed by atoms with Gasteiger partial charge < -0.3 is 0 Å². The highest BCUT2D eigenvalue weighted by Crippen LogP contribution is 2.12. The van der Waals surface area contributed by atoms with E-state index in [1.165, 1.54) is 6.33 Å². The number of hydrogen-bond donors (Lipinski definition) is 0. The van der Waals surface area contributed by atoms with Gasteiger partial charge in [0.1, 0.15) is 11.8 Å². The molecule has 0 spiro atoms. The Morgan fingerprint density at radius 2 is 2.00 bits per heavy atom. The molecule has 0 N–H and O–H groups in total. The number of aromatic nitrogens is 5. The van der Waals surface area contributed by atoms with E-state index >= 15 is 0 Å². The van der Waals surface area contributed by atoms with Gasteiger partial charge in [-0.25, -0.2) is 9.97 Å². The van der Waals surface area contributed by atoms with Gasteiger partial charge in [-0.05, 0) is 12.1 Å². The summed E-state index contributed by atoms with van der Waals surface area (Å²) < 4.78 is 1.69. The van der Waals surface area contributed by atoms with Crippen LogP contribution < -0.4 is 0 Å². The molecule has 15 heavy (non-hydrogen) atoms. The zero-order valence-electron chi connectivity index (χ0n) is 7.78. The van der Waals surface area contributed by atoms with Gasteiger partial charge in [0, 0.05) is 12.3 Å². The van der Waals surface area contributed by atoms with Crippen LogP contribution in [0.15, 0.2) is 42.9 Å². The van der Waals surface area contributed by atoms with Crippen molar-refractivity contribution in [1.29, 1.82) is 0 Å². The van der Waals surface area contributed by atoms with Crippen LogP contribution in [0.2, 0.25) is 0 Å². The van der Waals surface area contributed by atoms with E-state index in [1.54, 1.807) is 16.9 Å². The van der Waals surface area contributed by atoms with Crippen LogP contribution in [0.1, 0.15) is 0 Å². The van der Waals surface area contributed by atoms with Crippen molar-refractivity contribution in [3.63, 3.8) is 0 Å². The summed E-state index contributed by atoms with van der Waals surface area (Å²) in [6.45, 7) is 0. The Morgan fingerprint density at radius 1 is 1.07 bits per heavy atom. The van der Waals surface area contributed by atoms with Crippen molar-refractivity contribution in [2.45, 2.75) is 0 Å². The van der Waals surface area contributed by atoms with Crippen LogP contribution in [0, 0.1) is 0 Å². The SMILES string of the molecule is c1ccc2c(c1)nnn2-c1ccncn1. The standard InChI is InChI=1S/C10H7N5/c1-2-4-9-8(3-1)13-14-15(9)10-5-6-11-7-12-10/h1-7H. The lowest BCUT2D eigenvalue weighted by Crippen LogP contribution is -1.99. The number of rotatable bonds is 1. The summed E-state index contributed by atoms with van der Waals surface area (Å²) in [5, 5.41) is 8.09. The molecular formula is C10H7N5. The monoisotopic (exact) mass is 197 g/mol.